The van der Waals surface area contributed by atoms with Gasteiger partial charge in [-0.05, 0) is 49.9 Å². The van der Waals surface area contributed by atoms with Gasteiger partial charge in [-0.2, -0.15) is 0 Å². The lowest BCUT2D eigenvalue weighted by Gasteiger charge is -2.27. The highest BCUT2D eigenvalue weighted by molar-refractivity contribution is 5.47. The quantitative estimate of drug-likeness (QED) is 0.823. The van der Waals surface area contributed by atoms with Crippen molar-refractivity contribution in [3.63, 3.8) is 0 Å². The Morgan fingerprint density at radius 1 is 1.22 bits per heavy atom. The SMILES string of the molecule is Cc1cc(CN(C)CC2CCCCC2)ccc1N. The van der Waals surface area contributed by atoms with E-state index >= 15 is 0 Å². The third-order valence-corrected chi connectivity index (χ3v) is 4.08. The molecule has 1 aliphatic rings. The second-order valence-corrected chi connectivity index (χ2v) is 5.89. The lowest BCUT2D eigenvalue weighted by molar-refractivity contribution is 0.228. The van der Waals surface area contributed by atoms with Crippen molar-refractivity contribution in [3.8, 4) is 0 Å². The third-order valence-electron chi connectivity index (χ3n) is 4.08. The fraction of sp³-hybridized carbons (Fsp3) is 0.625. The molecule has 0 atom stereocenters. The molecule has 100 valence electrons. The molecule has 2 nitrogen and oxygen atoms in total. The van der Waals surface area contributed by atoms with Crippen LogP contribution in [0, 0.1) is 12.8 Å². The molecule has 1 aromatic carbocycles. The molecule has 1 aliphatic carbocycles. The van der Waals surface area contributed by atoms with Crippen molar-refractivity contribution in [1.29, 1.82) is 0 Å². The van der Waals surface area contributed by atoms with E-state index in [4.69, 9.17) is 5.73 Å². The first-order valence-corrected chi connectivity index (χ1v) is 7.18. The molecule has 2 rings (SSSR count). The summed E-state index contributed by atoms with van der Waals surface area (Å²) in [7, 11) is 2.24. The molecule has 0 aromatic heterocycles. The van der Waals surface area contributed by atoms with Crippen LogP contribution < -0.4 is 5.73 Å². The summed E-state index contributed by atoms with van der Waals surface area (Å²) in [6, 6.07) is 6.39. The number of rotatable bonds is 4. The van der Waals surface area contributed by atoms with Crippen molar-refractivity contribution in [3.05, 3.63) is 29.3 Å². The molecular formula is C16H26N2. The van der Waals surface area contributed by atoms with Gasteiger partial charge in [0, 0.05) is 18.8 Å². The molecule has 1 aromatic rings. The summed E-state index contributed by atoms with van der Waals surface area (Å²) in [5.74, 6) is 0.915. The average molecular weight is 246 g/mol. The Kier molecular flexibility index (Phi) is 4.65. The van der Waals surface area contributed by atoms with E-state index in [0.29, 0.717) is 0 Å². The molecule has 0 saturated heterocycles. The Bertz CT molecular complexity index is 381. The first-order chi connectivity index (χ1) is 8.65. The minimum absolute atomic E-state index is 0.897. The molecule has 2 heteroatoms. The maximum absolute atomic E-state index is 5.86. The third kappa shape index (κ3) is 3.74. The first-order valence-electron chi connectivity index (χ1n) is 7.18. The first kappa shape index (κ1) is 13.4. The Morgan fingerprint density at radius 3 is 2.61 bits per heavy atom. The van der Waals surface area contributed by atoms with Crippen LogP contribution in [0.1, 0.15) is 43.2 Å². The Labute approximate surface area is 111 Å². The summed E-state index contributed by atoms with van der Waals surface area (Å²) in [5, 5.41) is 0. The maximum Gasteiger partial charge on any atom is 0.0343 e. The van der Waals surface area contributed by atoms with Crippen LogP contribution in [0.25, 0.3) is 0 Å². The molecule has 18 heavy (non-hydrogen) atoms. The molecule has 0 unspecified atom stereocenters. The zero-order valence-corrected chi connectivity index (χ0v) is 11.8. The van der Waals surface area contributed by atoms with Crippen molar-refractivity contribution in [2.24, 2.45) is 5.92 Å². The molecule has 1 saturated carbocycles. The monoisotopic (exact) mass is 246 g/mol. The number of anilines is 1. The molecule has 2 N–H and O–H groups in total. The van der Waals surface area contributed by atoms with Crippen molar-refractivity contribution >= 4 is 5.69 Å². The summed E-state index contributed by atoms with van der Waals surface area (Å²) in [6.07, 6.45) is 7.15. The van der Waals surface area contributed by atoms with Gasteiger partial charge in [-0.1, -0.05) is 31.4 Å². The smallest absolute Gasteiger partial charge is 0.0343 e. The molecule has 0 aliphatic heterocycles. The van der Waals surface area contributed by atoms with Crippen LogP contribution in [0.3, 0.4) is 0 Å². The highest BCUT2D eigenvalue weighted by atomic mass is 15.1. The van der Waals surface area contributed by atoms with Gasteiger partial charge in [0.15, 0.2) is 0 Å². The molecule has 0 radical (unpaired) electrons. The average Bonchev–Trinajstić information content (AvgIpc) is 2.35. The van der Waals surface area contributed by atoms with E-state index in [-0.39, 0.29) is 0 Å². The second kappa shape index (κ2) is 6.24. The van der Waals surface area contributed by atoms with Crippen LogP contribution in [0.5, 0.6) is 0 Å². The summed E-state index contributed by atoms with van der Waals surface area (Å²) in [4.78, 5) is 2.46. The predicted molar refractivity (Wildman–Crippen MR) is 78.5 cm³/mol. The topological polar surface area (TPSA) is 29.3 Å². The summed E-state index contributed by atoms with van der Waals surface area (Å²) in [6.45, 7) is 4.36. The number of hydrogen-bond acceptors (Lipinski definition) is 2. The van der Waals surface area contributed by atoms with Gasteiger partial charge in [-0.15, -0.1) is 0 Å². The van der Waals surface area contributed by atoms with Gasteiger partial charge in [0.1, 0.15) is 0 Å². The van der Waals surface area contributed by atoms with E-state index in [9.17, 15) is 0 Å². The summed E-state index contributed by atoms with van der Waals surface area (Å²) in [5.41, 5.74) is 9.32. The van der Waals surface area contributed by atoms with E-state index in [1.165, 1.54) is 49.8 Å². The standard InChI is InChI=1S/C16H26N2/c1-13-10-15(8-9-16(13)17)12-18(2)11-14-6-4-3-5-7-14/h8-10,14H,3-7,11-12,17H2,1-2H3. The van der Waals surface area contributed by atoms with Gasteiger partial charge in [-0.25, -0.2) is 0 Å². The van der Waals surface area contributed by atoms with Crippen LogP contribution in [0.15, 0.2) is 18.2 Å². The zero-order valence-electron chi connectivity index (χ0n) is 11.8. The molecule has 0 spiro atoms. The predicted octanol–water partition coefficient (Wildman–Crippen LogP) is 3.59. The number of nitrogens with two attached hydrogens (primary N) is 1. The minimum Gasteiger partial charge on any atom is -0.399 e. The normalized spacial score (nSPS) is 17.3. The van der Waals surface area contributed by atoms with Gasteiger partial charge in [0.05, 0.1) is 0 Å². The number of nitrogen functional groups attached to an aromatic ring is 1. The van der Waals surface area contributed by atoms with Gasteiger partial charge in [0.2, 0.25) is 0 Å². The van der Waals surface area contributed by atoms with E-state index in [0.717, 1.165) is 18.2 Å². The van der Waals surface area contributed by atoms with Gasteiger partial charge >= 0.3 is 0 Å². The lowest BCUT2D eigenvalue weighted by atomic mass is 9.89. The number of nitrogens with zero attached hydrogens (tertiary/aromatic N) is 1. The Balaban J connectivity index is 1.85. The van der Waals surface area contributed by atoms with E-state index in [1.807, 2.05) is 6.07 Å². The van der Waals surface area contributed by atoms with Crippen molar-refractivity contribution in [2.75, 3.05) is 19.3 Å². The Morgan fingerprint density at radius 2 is 1.94 bits per heavy atom. The fourth-order valence-corrected chi connectivity index (χ4v) is 3.02. The molecule has 0 bridgehead atoms. The molecule has 0 amide bonds. The molecule has 1 fully saturated rings. The summed E-state index contributed by atoms with van der Waals surface area (Å²) < 4.78 is 0. The highest BCUT2D eigenvalue weighted by Crippen LogP contribution is 2.24. The van der Waals surface area contributed by atoms with Crippen LogP contribution in [-0.4, -0.2) is 18.5 Å². The highest BCUT2D eigenvalue weighted by Gasteiger charge is 2.15. The van der Waals surface area contributed by atoms with Crippen molar-refractivity contribution in [1.82, 2.24) is 4.90 Å². The van der Waals surface area contributed by atoms with Gasteiger partial charge in [-0.3, -0.25) is 0 Å². The van der Waals surface area contributed by atoms with Crippen LogP contribution >= 0.6 is 0 Å². The van der Waals surface area contributed by atoms with E-state index < -0.39 is 0 Å². The van der Waals surface area contributed by atoms with Crippen LogP contribution in [-0.2, 0) is 6.54 Å². The largest absolute Gasteiger partial charge is 0.399 e. The number of hydrogen-bond donors (Lipinski definition) is 1. The zero-order chi connectivity index (χ0) is 13.0. The summed E-state index contributed by atoms with van der Waals surface area (Å²) >= 11 is 0. The van der Waals surface area contributed by atoms with Gasteiger partial charge < -0.3 is 10.6 Å². The maximum atomic E-state index is 5.86. The van der Waals surface area contributed by atoms with Crippen molar-refractivity contribution in [2.45, 2.75) is 45.6 Å². The van der Waals surface area contributed by atoms with E-state index in [2.05, 4.69) is 31.0 Å². The van der Waals surface area contributed by atoms with Crippen molar-refractivity contribution < 1.29 is 0 Å². The van der Waals surface area contributed by atoms with Crippen LogP contribution in [0.2, 0.25) is 0 Å². The number of benzene rings is 1. The molecular weight excluding hydrogens is 220 g/mol. The second-order valence-electron chi connectivity index (χ2n) is 5.89. The van der Waals surface area contributed by atoms with E-state index in [1.54, 1.807) is 0 Å². The Hall–Kier alpha value is -1.02. The minimum atomic E-state index is 0.897. The number of aryl methyl sites for hydroxylation is 1. The fourth-order valence-electron chi connectivity index (χ4n) is 3.02. The van der Waals surface area contributed by atoms with Crippen LogP contribution in [0.4, 0.5) is 5.69 Å². The molecule has 0 heterocycles. The lowest BCUT2D eigenvalue weighted by Crippen LogP contribution is -2.26. The van der Waals surface area contributed by atoms with Gasteiger partial charge in [0.25, 0.3) is 0 Å².